The molecule has 1 aromatic heterocycles. The van der Waals surface area contributed by atoms with Gasteiger partial charge >= 0.3 is 0 Å². The molecule has 6 nitrogen and oxygen atoms in total. The average molecular weight is 272 g/mol. The topological polar surface area (TPSA) is 81.3 Å². The largest absolute Gasteiger partial charge is 0.494 e. The van der Waals surface area contributed by atoms with Crippen LogP contribution in [0.15, 0.2) is 30.6 Å². The predicted octanol–water partition coefficient (Wildman–Crippen LogP) is 1.44. The first-order valence-corrected chi connectivity index (χ1v) is 6.01. The van der Waals surface area contributed by atoms with Crippen LogP contribution in [0, 0.1) is 0 Å². The molecule has 0 saturated heterocycles. The molecule has 1 heterocycles. The van der Waals surface area contributed by atoms with Crippen LogP contribution in [0.25, 0.3) is 11.3 Å². The molecule has 0 radical (unpaired) electrons. The van der Waals surface area contributed by atoms with Crippen molar-refractivity contribution in [2.45, 2.75) is 0 Å². The molecule has 2 rings (SSSR count). The number of amides is 1. The molecular formula is C14H16N4O2. The van der Waals surface area contributed by atoms with Gasteiger partial charge in [-0.05, 0) is 12.1 Å². The molecule has 6 heteroatoms. The zero-order valence-corrected chi connectivity index (χ0v) is 11.6. The van der Waals surface area contributed by atoms with Crippen molar-refractivity contribution in [3.05, 3.63) is 36.3 Å². The number of rotatable bonds is 3. The summed E-state index contributed by atoms with van der Waals surface area (Å²) in [6.07, 6.45) is 3.02. The average Bonchev–Trinajstić information content (AvgIpc) is 2.46. The smallest absolute Gasteiger partial charge is 0.274 e. The van der Waals surface area contributed by atoms with E-state index in [2.05, 4.69) is 9.97 Å². The van der Waals surface area contributed by atoms with E-state index in [-0.39, 0.29) is 11.6 Å². The summed E-state index contributed by atoms with van der Waals surface area (Å²) in [6, 6.07) is 5.31. The molecule has 2 N–H and O–H groups in total. The summed E-state index contributed by atoms with van der Waals surface area (Å²) < 4.78 is 5.31. The monoisotopic (exact) mass is 272 g/mol. The molecule has 1 amide bonds. The van der Waals surface area contributed by atoms with Crippen molar-refractivity contribution in [1.82, 2.24) is 14.9 Å². The molecule has 104 valence electrons. The van der Waals surface area contributed by atoms with E-state index >= 15 is 0 Å². The Morgan fingerprint density at radius 3 is 2.60 bits per heavy atom. The number of carbonyl (C=O) groups is 1. The first-order chi connectivity index (χ1) is 9.56. The van der Waals surface area contributed by atoms with Crippen LogP contribution in [-0.4, -0.2) is 42.0 Å². The lowest BCUT2D eigenvalue weighted by Crippen LogP contribution is -2.24. The molecule has 0 saturated carbocycles. The number of nitrogens with two attached hydrogens (primary N) is 1. The minimum atomic E-state index is -0.224. The molecule has 0 aliphatic rings. The number of methoxy groups -OCH3 is 1. The Hall–Kier alpha value is -2.63. The van der Waals surface area contributed by atoms with Gasteiger partial charge in [0, 0.05) is 32.1 Å². The summed E-state index contributed by atoms with van der Waals surface area (Å²) in [5.41, 5.74) is 7.74. The number of nitrogens with zero attached hydrogens (tertiary/aromatic N) is 3. The highest BCUT2D eigenvalue weighted by atomic mass is 16.5. The van der Waals surface area contributed by atoms with Crippen molar-refractivity contribution in [2.24, 2.45) is 0 Å². The molecule has 20 heavy (non-hydrogen) atoms. The number of carbonyl (C=O) groups excluding carboxylic acids is 1. The number of para-hydroxylation sites is 1. The van der Waals surface area contributed by atoms with Crippen molar-refractivity contribution in [2.75, 3.05) is 26.9 Å². The van der Waals surface area contributed by atoms with Crippen molar-refractivity contribution >= 4 is 11.6 Å². The number of benzene rings is 1. The molecular weight excluding hydrogens is 256 g/mol. The van der Waals surface area contributed by atoms with E-state index in [1.807, 2.05) is 0 Å². The second-order valence-electron chi connectivity index (χ2n) is 4.38. The van der Waals surface area contributed by atoms with Gasteiger partial charge in [0.05, 0.1) is 12.8 Å². The van der Waals surface area contributed by atoms with Gasteiger partial charge in [-0.3, -0.25) is 9.78 Å². The highest BCUT2D eigenvalue weighted by Gasteiger charge is 2.20. The van der Waals surface area contributed by atoms with Crippen LogP contribution in [0.3, 0.4) is 0 Å². The van der Waals surface area contributed by atoms with Gasteiger partial charge in [0.15, 0.2) is 11.4 Å². The molecule has 0 spiro atoms. The Morgan fingerprint density at radius 1 is 1.25 bits per heavy atom. The normalized spacial score (nSPS) is 10.2. The Labute approximate surface area is 117 Å². The molecule has 0 bridgehead atoms. The third kappa shape index (κ3) is 2.40. The fraction of sp³-hybridized carbons (Fsp3) is 0.214. The molecule has 2 aromatic rings. The van der Waals surface area contributed by atoms with Crippen LogP contribution in [0.4, 0.5) is 5.69 Å². The molecule has 0 atom stereocenters. The van der Waals surface area contributed by atoms with Gasteiger partial charge < -0.3 is 15.4 Å². The predicted molar refractivity (Wildman–Crippen MR) is 76.4 cm³/mol. The highest BCUT2D eigenvalue weighted by molar-refractivity contribution is 5.98. The lowest BCUT2D eigenvalue weighted by atomic mass is 10.1. The fourth-order valence-electron chi connectivity index (χ4n) is 1.87. The van der Waals surface area contributed by atoms with Gasteiger partial charge in [-0.2, -0.15) is 0 Å². The van der Waals surface area contributed by atoms with E-state index in [1.165, 1.54) is 24.4 Å². The SMILES string of the molecule is COc1c(N)cccc1-c1nccnc1C(=O)N(C)C. The summed E-state index contributed by atoms with van der Waals surface area (Å²) in [5.74, 6) is 0.262. The third-order valence-corrected chi connectivity index (χ3v) is 2.81. The van der Waals surface area contributed by atoms with Crippen molar-refractivity contribution in [3.8, 4) is 17.0 Å². The van der Waals surface area contributed by atoms with Crippen molar-refractivity contribution in [1.29, 1.82) is 0 Å². The molecule has 0 unspecified atom stereocenters. The zero-order chi connectivity index (χ0) is 14.7. The maximum Gasteiger partial charge on any atom is 0.274 e. The molecule has 0 fully saturated rings. The summed E-state index contributed by atoms with van der Waals surface area (Å²) in [7, 11) is 4.85. The first kappa shape index (κ1) is 13.8. The molecule has 0 aliphatic carbocycles. The van der Waals surface area contributed by atoms with Crippen LogP contribution in [-0.2, 0) is 0 Å². The maximum absolute atomic E-state index is 12.2. The van der Waals surface area contributed by atoms with Crippen LogP contribution in [0.5, 0.6) is 5.75 Å². The van der Waals surface area contributed by atoms with E-state index in [0.717, 1.165) is 0 Å². The molecule has 0 aliphatic heterocycles. The Bertz CT molecular complexity index is 641. The van der Waals surface area contributed by atoms with Crippen LogP contribution in [0.1, 0.15) is 10.5 Å². The van der Waals surface area contributed by atoms with E-state index in [9.17, 15) is 4.79 Å². The highest BCUT2D eigenvalue weighted by Crippen LogP contribution is 2.34. The van der Waals surface area contributed by atoms with Gasteiger partial charge in [0.2, 0.25) is 0 Å². The maximum atomic E-state index is 12.2. The summed E-state index contributed by atoms with van der Waals surface area (Å²) >= 11 is 0. The van der Waals surface area contributed by atoms with Crippen molar-refractivity contribution < 1.29 is 9.53 Å². The Kier molecular flexibility index (Phi) is 3.84. The van der Waals surface area contributed by atoms with Gasteiger partial charge in [0.1, 0.15) is 5.69 Å². The van der Waals surface area contributed by atoms with Crippen LogP contribution < -0.4 is 10.5 Å². The second-order valence-corrected chi connectivity index (χ2v) is 4.38. The second kappa shape index (κ2) is 5.56. The summed E-state index contributed by atoms with van der Waals surface area (Å²) in [4.78, 5) is 22.0. The van der Waals surface area contributed by atoms with Gasteiger partial charge in [-0.15, -0.1) is 0 Å². The number of aromatic nitrogens is 2. The number of anilines is 1. The van der Waals surface area contributed by atoms with Gasteiger partial charge in [-0.25, -0.2) is 4.98 Å². The van der Waals surface area contributed by atoms with Gasteiger partial charge in [0.25, 0.3) is 5.91 Å². The summed E-state index contributed by atoms with van der Waals surface area (Å²) in [5, 5.41) is 0. The van der Waals surface area contributed by atoms with Crippen molar-refractivity contribution in [3.63, 3.8) is 0 Å². The standard InChI is InChI=1S/C14H16N4O2/c1-18(2)14(19)12-11(16-7-8-17-12)9-5-4-6-10(15)13(9)20-3/h4-8H,15H2,1-3H3. The van der Waals surface area contributed by atoms with Crippen LogP contribution in [0.2, 0.25) is 0 Å². The number of hydrogen-bond donors (Lipinski definition) is 1. The van der Waals surface area contributed by atoms with E-state index in [4.69, 9.17) is 10.5 Å². The van der Waals surface area contributed by atoms with Crippen LogP contribution >= 0.6 is 0 Å². The number of nitrogen functional groups attached to an aromatic ring is 1. The fourth-order valence-corrected chi connectivity index (χ4v) is 1.87. The lowest BCUT2D eigenvalue weighted by Gasteiger charge is -2.15. The Morgan fingerprint density at radius 2 is 1.95 bits per heavy atom. The lowest BCUT2D eigenvalue weighted by molar-refractivity contribution is 0.0822. The van der Waals surface area contributed by atoms with E-state index in [1.54, 1.807) is 32.3 Å². The molecule has 1 aromatic carbocycles. The minimum Gasteiger partial charge on any atom is -0.494 e. The van der Waals surface area contributed by atoms with Gasteiger partial charge in [-0.1, -0.05) is 6.07 Å². The number of ether oxygens (including phenoxy) is 1. The number of hydrogen-bond acceptors (Lipinski definition) is 5. The summed E-state index contributed by atoms with van der Waals surface area (Å²) in [6.45, 7) is 0. The van der Waals surface area contributed by atoms with E-state index in [0.29, 0.717) is 22.7 Å². The minimum absolute atomic E-state index is 0.224. The van der Waals surface area contributed by atoms with E-state index < -0.39 is 0 Å². The third-order valence-electron chi connectivity index (χ3n) is 2.81. The Balaban J connectivity index is 2.65. The zero-order valence-electron chi connectivity index (χ0n) is 11.6. The quantitative estimate of drug-likeness (QED) is 0.855. The first-order valence-electron chi connectivity index (χ1n) is 6.01.